The van der Waals surface area contributed by atoms with Crippen molar-refractivity contribution >= 4 is 0 Å². The van der Waals surface area contributed by atoms with Gasteiger partial charge in [-0.3, -0.25) is 4.68 Å². The zero-order chi connectivity index (χ0) is 13.7. The first kappa shape index (κ1) is 13.7. The van der Waals surface area contributed by atoms with Gasteiger partial charge in [0.1, 0.15) is 0 Å². The minimum Gasteiger partial charge on any atom is -0.307 e. The lowest BCUT2D eigenvalue weighted by molar-refractivity contribution is 0.460. The molecular formula is C13H20FN5. The largest absolute Gasteiger partial charge is 0.307 e. The van der Waals surface area contributed by atoms with Crippen molar-refractivity contribution in [2.24, 2.45) is 0 Å². The molecule has 0 amide bonds. The van der Waals surface area contributed by atoms with Gasteiger partial charge < -0.3 is 5.32 Å². The van der Waals surface area contributed by atoms with Crippen LogP contribution >= 0.6 is 0 Å². The number of halogens is 1. The maximum Gasteiger partial charge on any atom is 0.215 e. The van der Waals surface area contributed by atoms with E-state index in [0.29, 0.717) is 25.2 Å². The molecule has 0 saturated heterocycles. The van der Waals surface area contributed by atoms with Crippen LogP contribution in [-0.4, -0.2) is 19.6 Å². The van der Waals surface area contributed by atoms with Crippen molar-refractivity contribution in [1.29, 1.82) is 0 Å². The highest BCUT2D eigenvalue weighted by Gasteiger charge is 2.08. The van der Waals surface area contributed by atoms with Gasteiger partial charge in [-0.15, -0.1) is 0 Å². The summed E-state index contributed by atoms with van der Waals surface area (Å²) in [5, 5.41) is 11.6. The Balaban J connectivity index is 1.83. The summed E-state index contributed by atoms with van der Waals surface area (Å²) in [5.74, 6) is -0.258. The number of aromatic nitrogens is 4. The molecule has 0 aliphatic carbocycles. The Bertz CT molecular complexity index is 517. The number of hydrogen-bond donors (Lipinski definition) is 1. The normalized spacial score (nSPS) is 11.1. The van der Waals surface area contributed by atoms with Crippen LogP contribution in [0.15, 0.2) is 18.5 Å². The minimum atomic E-state index is -0.258. The van der Waals surface area contributed by atoms with Crippen LogP contribution in [0.4, 0.5) is 4.39 Å². The van der Waals surface area contributed by atoms with Gasteiger partial charge in [-0.05, 0) is 19.4 Å². The Hall–Kier alpha value is -1.69. The fraction of sp³-hybridized carbons (Fsp3) is 0.538. The van der Waals surface area contributed by atoms with Crippen LogP contribution in [0.2, 0.25) is 0 Å². The highest BCUT2D eigenvalue weighted by Crippen LogP contribution is 2.06. The van der Waals surface area contributed by atoms with Crippen LogP contribution < -0.4 is 5.32 Å². The van der Waals surface area contributed by atoms with E-state index in [1.54, 1.807) is 6.20 Å². The van der Waals surface area contributed by atoms with Crippen LogP contribution in [0, 0.1) is 5.95 Å². The molecule has 0 bridgehead atoms. The van der Waals surface area contributed by atoms with E-state index >= 15 is 0 Å². The van der Waals surface area contributed by atoms with Crippen LogP contribution in [-0.2, 0) is 26.2 Å². The predicted molar refractivity (Wildman–Crippen MR) is 70.9 cm³/mol. The van der Waals surface area contributed by atoms with Gasteiger partial charge >= 0.3 is 0 Å². The van der Waals surface area contributed by atoms with Crippen LogP contribution in [0.3, 0.4) is 0 Å². The van der Waals surface area contributed by atoms with Gasteiger partial charge in [0, 0.05) is 37.9 Å². The van der Waals surface area contributed by atoms with Crippen molar-refractivity contribution in [3.8, 4) is 0 Å². The maximum absolute atomic E-state index is 13.7. The average Bonchev–Trinajstić information content (AvgIpc) is 2.98. The van der Waals surface area contributed by atoms with Crippen LogP contribution in [0.25, 0.3) is 0 Å². The molecule has 0 aliphatic heterocycles. The first-order valence-electron chi connectivity index (χ1n) is 6.67. The summed E-state index contributed by atoms with van der Waals surface area (Å²) < 4.78 is 17.0. The number of hydrogen-bond acceptors (Lipinski definition) is 3. The zero-order valence-corrected chi connectivity index (χ0v) is 11.4. The first-order chi connectivity index (χ1) is 9.24. The third kappa shape index (κ3) is 3.41. The Morgan fingerprint density at radius 3 is 2.84 bits per heavy atom. The molecule has 0 radical (unpaired) electrons. The van der Waals surface area contributed by atoms with Crippen LogP contribution in [0.1, 0.15) is 31.5 Å². The van der Waals surface area contributed by atoms with E-state index < -0.39 is 0 Å². The standard InChI is InChI=1S/C13H20FN5/c1-3-6-18-7-5-12(17-18)10-15-8-11-9-16-19(4-2)13(11)14/h5,7,9,15H,3-4,6,8,10H2,1-2H3. The number of nitrogens with zero attached hydrogens (tertiary/aromatic N) is 4. The minimum absolute atomic E-state index is 0.258. The van der Waals surface area contributed by atoms with E-state index in [0.717, 1.165) is 18.7 Å². The smallest absolute Gasteiger partial charge is 0.215 e. The van der Waals surface area contributed by atoms with E-state index in [4.69, 9.17) is 0 Å². The molecular weight excluding hydrogens is 245 g/mol. The molecule has 104 valence electrons. The van der Waals surface area contributed by atoms with E-state index in [1.165, 1.54) is 4.68 Å². The molecule has 0 fully saturated rings. The second kappa shape index (κ2) is 6.47. The molecule has 6 heteroatoms. The second-order valence-corrected chi connectivity index (χ2v) is 4.45. The summed E-state index contributed by atoms with van der Waals surface area (Å²) in [4.78, 5) is 0. The fourth-order valence-corrected chi connectivity index (χ4v) is 1.93. The highest BCUT2D eigenvalue weighted by molar-refractivity contribution is 5.07. The van der Waals surface area contributed by atoms with Crippen molar-refractivity contribution in [3.63, 3.8) is 0 Å². The van der Waals surface area contributed by atoms with Gasteiger partial charge in [0.25, 0.3) is 0 Å². The molecule has 0 aromatic carbocycles. The number of aryl methyl sites for hydroxylation is 2. The summed E-state index contributed by atoms with van der Waals surface area (Å²) in [5.41, 5.74) is 1.56. The summed E-state index contributed by atoms with van der Waals surface area (Å²) in [7, 11) is 0. The van der Waals surface area contributed by atoms with E-state index in [-0.39, 0.29) is 5.95 Å². The van der Waals surface area contributed by atoms with Crippen molar-refractivity contribution in [1.82, 2.24) is 24.9 Å². The SMILES string of the molecule is CCCn1ccc(CNCc2cnn(CC)c2F)n1. The molecule has 2 heterocycles. The average molecular weight is 265 g/mol. The van der Waals surface area contributed by atoms with Gasteiger partial charge in [0.05, 0.1) is 11.9 Å². The summed E-state index contributed by atoms with van der Waals surface area (Å²) >= 11 is 0. The van der Waals surface area contributed by atoms with Gasteiger partial charge in [-0.2, -0.15) is 14.6 Å². The van der Waals surface area contributed by atoms with Gasteiger partial charge in [-0.1, -0.05) is 6.92 Å². The molecule has 19 heavy (non-hydrogen) atoms. The molecule has 1 N–H and O–H groups in total. The molecule has 0 spiro atoms. The zero-order valence-electron chi connectivity index (χ0n) is 11.4. The summed E-state index contributed by atoms with van der Waals surface area (Å²) in [6.07, 6.45) is 4.60. The topological polar surface area (TPSA) is 47.7 Å². The Morgan fingerprint density at radius 2 is 2.16 bits per heavy atom. The quantitative estimate of drug-likeness (QED) is 0.832. The molecule has 0 aliphatic rings. The van der Waals surface area contributed by atoms with Gasteiger partial charge in [0.2, 0.25) is 5.95 Å². The molecule has 0 unspecified atom stereocenters. The third-order valence-corrected chi connectivity index (χ3v) is 2.91. The number of rotatable bonds is 7. The molecule has 0 saturated carbocycles. The van der Waals surface area contributed by atoms with Crippen LogP contribution in [0.5, 0.6) is 0 Å². The Morgan fingerprint density at radius 1 is 1.32 bits per heavy atom. The van der Waals surface area contributed by atoms with Crippen molar-refractivity contribution in [2.45, 2.75) is 46.4 Å². The first-order valence-corrected chi connectivity index (χ1v) is 6.67. The van der Waals surface area contributed by atoms with E-state index in [1.807, 2.05) is 23.9 Å². The third-order valence-electron chi connectivity index (χ3n) is 2.91. The van der Waals surface area contributed by atoms with E-state index in [2.05, 4.69) is 22.4 Å². The van der Waals surface area contributed by atoms with Gasteiger partial charge in [0.15, 0.2) is 0 Å². The Labute approximate surface area is 112 Å². The summed E-state index contributed by atoms with van der Waals surface area (Å²) in [6.45, 7) is 6.56. The van der Waals surface area contributed by atoms with Crippen molar-refractivity contribution in [2.75, 3.05) is 0 Å². The number of nitrogens with one attached hydrogen (secondary N) is 1. The summed E-state index contributed by atoms with van der Waals surface area (Å²) in [6, 6.07) is 1.98. The predicted octanol–water partition coefficient (Wildman–Crippen LogP) is 1.94. The Kier molecular flexibility index (Phi) is 4.68. The monoisotopic (exact) mass is 265 g/mol. The van der Waals surface area contributed by atoms with Crippen molar-refractivity contribution < 1.29 is 4.39 Å². The van der Waals surface area contributed by atoms with E-state index in [9.17, 15) is 4.39 Å². The highest BCUT2D eigenvalue weighted by atomic mass is 19.1. The lowest BCUT2D eigenvalue weighted by Gasteiger charge is -2.01. The molecule has 5 nitrogen and oxygen atoms in total. The lowest BCUT2D eigenvalue weighted by atomic mass is 10.3. The molecule has 2 rings (SSSR count). The molecule has 2 aromatic rings. The lowest BCUT2D eigenvalue weighted by Crippen LogP contribution is -2.14. The van der Waals surface area contributed by atoms with Gasteiger partial charge in [-0.25, -0.2) is 4.68 Å². The second-order valence-electron chi connectivity index (χ2n) is 4.45. The maximum atomic E-state index is 13.7. The fourth-order valence-electron chi connectivity index (χ4n) is 1.93. The molecule has 0 atom stereocenters. The molecule has 2 aromatic heterocycles. The van der Waals surface area contributed by atoms with Crippen molar-refractivity contribution in [3.05, 3.63) is 35.7 Å².